The van der Waals surface area contributed by atoms with Crippen LogP contribution in [0.25, 0.3) is 0 Å². The third kappa shape index (κ3) is 3.46. The van der Waals surface area contributed by atoms with E-state index in [0.29, 0.717) is 10.9 Å². The highest BCUT2D eigenvalue weighted by Crippen LogP contribution is 2.18. The first-order valence-corrected chi connectivity index (χ1v) is 7.94. The van der Waals surface area contributed by atoms with Gasteiger partial charge in [-0.15, -0.1) is 0 Å². The van der Waals surface area contributed by atoms with Crippen molar-refractivity contribution < 1.29 is 8.42 Å². The molecule has 106 valence electrons. The first-order chi connectivity index (χ1) is 9.00. The van der Waals surface area contributed by atoms with Crippen LogP contribution in [0.1, 0.15) is 12.8 Å². The molecule has 2 N–H and O–H groups in total. The Labute approximate surface area is 115 Å². The van der Waals surface area contributed by atoms with Gasteiger partial charge in [0.05, 0.1) is 4.90 Å². The molecule has 0 spiro atoms. The number of hydrogen-bond donors (Lipinski definition) is 2. The van der Waals surface area contributed by atoms with E-state index in [4.69, 9.17) is 0 Å². The summed E-state index contributed by atoms with van der Waals surface area (Å²) < 4.78 is 25.3. The molecule has 1 aromatic carbocycles. The Morgan fingerprint density at radius 1 is 1.42 bits per heavy atom. The van der Waals surface area contributed by atoms with Gasteiger partial charge in [0, 0.05) is 32.4 Å². The highest BCUT2D eigenvalue weighted by Gasteiger charge is 2.18. The maximum Gasteiger partial charge on any atom is 0.242 e. The average molecular weight is 283 g/mol. The lowest BCUT2D eigenvalue weighted by Gasteiger charge is -2.15. The van der Waals surface area contributed by atoms with E-state index in [1.54, 1.807) is 18.2 Å². The number of sulfonamides is 1. The van der Waals surface area contributed by atoms with Crippen LogP contribution >= 0.6 is 0 Å². The minimum atomic E-state index is -3.36. The first kappa shape index (κ1) is 14.3. The van der Waals surface area contributed by atoms with Crippen molar-refractivity contribution in [3.8, 4) is 0 Å². The molecule has 1 aliphatic heterocycles. The van der Waals surface area contributed by atoms with Gasteiger partial charge in [-0.3, -0.25) is 0 Å². The van der Waals surface area contributed by atoms with Gasteiger partial charge in [0.25, 0.3) is 0 Å². The zero-order valence-corrected chi connectivity index (χ0v) is 12.2. The monoisotopic (exact) mass is 283 g/mol. The molecule has 1 unspecified atom stereocenters. The molecule has 1 aromatic rings. The molecule has 5 nitrogen and oxygen atoms in total. The summed E-state index contributed by atoms with van der Waals surface area (Å²) in [4.78, 5) is 0.321. The third-order valence-electron chi connectivity index (χ3n) is 3.33. The van der Waals surface area contributed by atoms with E-state index in [-0.39, 0.29) is 0 Å². The smallest absolute Gasteiger partial charge is 0.242 e. The highest BCUT2D eigenvalue weighted by atomic mass is 32.2. The average Bonchev–Trinajstić information content (AvgIpc) is 2.89. The summed E-state index contributed by atoms with van der Waals surface area (Å²) in [6.45, 7) is 1.90. The maximum atomic E-state index is 12.0. The molecule has 0 amide bonds. The Bertz CT molecular complexity index is 522. The van der Waals surface area contributed by atoms with Gasteiger partial charge in [-0.2, -0.15) is 0 Å². The summed E-state index contributed by atoms with van der Waals surface area (Å²) in [6.07, 6.45) is 2.38. The Balaban J connectivity index is 2.06. The number of rotatable bonds is 5. The van der Waals surface area contributed by atoms with Crippen molar-refractivity contribution in [1.82, 2.24) is 9.62 Å². The van der Waals surface area contributed by atoms with Gasteiger partial charge >= 0.3 is 0 Å². The molecule has 0 saturated carbocycles. The molecule has 0 bridgehead atoms. The third-order valence-corrected chi connectivity index (χ3v) is 5.14. The Hall–Kier alpha value is -1.11. The number of hydrogen-bond acceptors (Lipinski definition) is 4. The van der Waals surface area contributed by atoms with Gasteiger partial charge in [0.1, 0.15) is 0 Å². The number of nitrogens with one attached hydrogen (secondary N) is 2. The SMILES string of the molecule is CN(C)S(=O)(=O)c1cccc(NCC2CCCN2)c1. The van der Waals surface area contributed by atoms with Crippen LogP contribution in [-0.2, 0) is 10.0 Å². The molecule has 0 aromatic heterocycles. The normalized spacial score (nSPS) is 19.8. The molecular formula is C13H21N3O2S. The van der Waals surface area contributed by atoms with E-state index in [0.717, 1.165) is 18.8 Å². The van der Waals surface area contributed by atoms with E-state index in [2.05, 4.69) is 10.6 Å². The lowest BCUT2D eigenvalue weighted by molar-refractivity contribution is 0.521. The molecule has 19 heavy (non-hydrogen) atoms. The van der Waals surface area contributed by atoms with Gasteiger partial charge in [0.15, 0.2) is 0 Å². The molecule has 1 aliphatic rings. The predicted octanol–water partition coefficient (Wildman–Crippen LogP) is 1.10. The van der Waals surface area contributed by atoms with Gasteiger partial charge in [-0.1, -0.05) is 6.07 Å². The second-order valence-electron chi connectivity index (χ2n) is 4.99. The molecule has 2 rings (SSSR count). The predicted molar refractivity (Wildman–Crippen MR) is 76.8 cm³/mol. The summed E-state index contributed by atoms with van der Waals surface area (Å²) in [5.74, 6) is 0. The molecule has 1 saturated heterocycles. The van der Waals surface area contributed by atoms with Crippen molar-refractivity contribution in [1.29, 1.82) is 0 Å². The van der Waals surface area contributed by atoms with Crippen LogP contribution in [0.5, 0.6) is 0 Å². The van der Waals surface area contributed by atoms with Crippen molar-refractivity contribution in [3.05, 3.63) is 24.3 Å². The van der Waals surface area contributed by atoms with Gasteiger partial charge < -0.3 is 10.6 Å². The summed E-state index contributed by atoms with van der Waals surface area (Å²) in [5, 5.41) is 6.69. The molecular weight excluding hydrogens is 262 g/mol. The van der Waals surface area contributed by atoms with Crippen LogP contribution in [0.2, 0.25) is 0 Å². The number of benzene rings is 1. The second-order valence-corrected chi connectivity index (χ2v) is 7.14. The van der Waals surface area contributed by atoms with Crippen molar-refractivity contribution >= 4 is 15.7 Å². The molecule has 0 aliphatic carbocycles. The van der Waals surface area contributed by atoms with Gasteiger partial charge in [0.2, 0.25) is 10.0 Å². The van der Waals surface area contributed by atoms with E-state index in [1.165, 1.54) is 31.2 Å². The fraction of sp³-hybridized carbons (Fsp3) is 0.538. The standard InChI is InChI=1S/C13H21N3O2S/c1-16(2)19(17,18)13-7-3-5-11(9-13)15-10-12-6-4-8-14-12/h3,5,7,9,12,14-15H,4,6,8,10H2,1-2H3. The summed E-state index contributed by atoms with van der Waals surface area (Å²) in [5.41, 5.74) is 0.844. The van der Waals surface area contributed by atoms with Crippen molar-refractivity contribution in [2.45, 2.75) is 23.8 Å². The highest BCUT2D eigenvalue weighted by molar-refractivity contribution is 7.89. The molecule has 1 atom stereocenters. The van der Waals surface area contributed by atoms with Crippen LogP contribution in [0, 0.1) is 0 Å². The first-order valence-electron chi connectivity index (χ1n) is 6.50. The Kier molecular flexibility index (Phi) is 4.44. The summed E-state index contributed by atoms with van der Waals surface area (Å²) in [7, 11) is -0.280. The zero-order valence-electron chi connectivity index (χ0n) is 11.4. The fourth-order valence-electron chi connectivity index (χ4n) is 2.15. The van der Waals surface area contributed by atoms with Crippen LogP contribution in [0.4, 0.5) is 5.69 Å². The Morgan fingerprint density at radius 2 is 2.21 bits per heavy atom. The zero-order chi connectivity index (χ0) is 13.9. The largest absolute Gasteiger partial charge is 0.383 e. The van der Waals surface area contributed by atoms with E-state index in [9.17, 15) is 8.42 Å². The van der Waals surface area contributed by atoms with Crippen molar-refractivity contribution in [2.24, 2.45) is 0 Å². The van der Waals surface area contributed by atoms with Crippen LogP contribution in [0.3, 0.4) is 0 Å². The molecule has 0 radical (unpaired) electrons. The van der Waals surface area contributed by atoms with Crippen molar-refractivity contribution in [2.75, 3.05) is 32.5 Å². The fourth-order valence-corrected chi connectivity index (χ4v) is 3.10. The quantitative estimate of drug-likeness (QED) is 0.849. The van der Waals surface area contributed by atoms with Crippen LogP contribution in [-0.4, -0.2) is 45.9 Å². The van der Waals surface area contributed by atoms with E-state index in [1.807, 2.05) is 6.07 Å². The molecule has 1 heterocycles. The topological polar surface area (TPSA) is 61.4 Å². The number of anilines is 1. The minimum absolute atomic E-state index is 0.321. The lowest BCUT2D eigenvalue weighted by Crippen LogP contribution is -2.29. The summed E-state index contributed by atoms with van der Waals surface area (Å²) in [6, 6.07) is 7.44. The maximum absolute atomic E-state index is 12.0. The van der Waals surface area contributed by atoms with Gasteiger partial charge in [-0.25, -0.2) is 12.7 Å². The summed E-state index contributed by atoms with van der Waals surface area (Å²) >= 11 is 0. The lowest BCUT2D eigenvalue weighted by atomic mass is 10.2. The minimum Gasteiger partial charge on any atom is -0.383 e. The van der Waals surface area contributed by atoms with E-state index >= 15 is 0 Å². The van der Waals surface area contributed by atoms with Crippen LogP contribution < -0.4 is 10.6 Å². The van der Waals surface area contributed by atoms with E-state index < -0.39 is 10.0 Å². The van der Waals surface area contributed by atoms with Crippen molar-refractivity contribution in [3.63, 3.8) is 0 Å². The number of nitrogens with zero attached hydrogens (tertiary/aromatic N) is 1. The molecule has 1 fully saturated rings. The Morgan fingerprint density at radius 3 is 2.84 bits per heavy atom. The van der Waals surface area contributed by atoms with Gasteiger partial charge in [-0.05, 0) is 37.6 Å². The second kappa shape index (κ2) is 5.90. The molecule has 6 heteroatoms. The van der Waals surface area contributed by atoms with Crippen LogP contribution in [0.15, 0.2) is 29.2 Å².